The number of halogens is 1. The maximum absolute atomic E-state index is 12.0. The van der Waals surface area contributed by atoms with Crippen LogP contribution in [0.25, 0.3) is 0 Å². The number of hydrogen-bond acceptors (Lipinski definition) is 4. The molecule has 0 unspecified atom stereocenters. The van der Waals surface area contributed by atoms with Gasteiger partial charge in [-0.2, -0.15) is 5.10 Å². The summed E-state index contributed by atoms with van der Waals surface area (Å²) in [5.41, 5.74) is 5.79. The van der Waals surface area contributed by atoms with Crippen LogP contribution in [0, 0.1) is 0 Å². The highest BCUT2D eigenvalue weighted by atomic mass is 79.9. The third-order valence-electron chi connectivity index (χ3n) is 4.74. The Bertz CT molecular complexity index is 1020. The fourth-order valence-electron chi connectivity index (χ4n) is 2.92. The summed E-state index contributed by atoms with van der Waals surface area (Å²) < 4.78 is 12.4. The van der Waals surface area contributed by atoms with E-state index in [4.69, 9.17) is 9.47 Å². The van der Waals surface area contributed by atoms with E-state index in [9.17, 15) is 4.79 Å². The fraction of sp³-hybridized carbons (Fsp3) is 0.231. The van der Waals surface area contributed by atoms with E-state index < -0.39 is 0 Å². The van der Waals surface area contributed by atoms with E-state index in [0.29, 0.717) is 26.1 Å². The molecule has 5 nitrogen and oxygen atoms in total. The van der Waals surface area contributed by atoms with Crippen LogP contribution in [0.2, 0.25) is 0 Å². The van der Waals surface area contributed by atoms with Gasteiger partial charge in [0.05, 0.1) is 17.3 Å². The van der Waals surface area contributed by atoms with Gasteiger partial charge in [0.1, 0.15) is 18.1 Å². The maximum atomic E-state index is 12.0. The zero-order chi connectivity index (χ0) is 22.6. The number of aryl methyl sites for hydroxylation is 1. The SMILES string of the molecule is CCc1ccc(OCCCC(=O)N/N=C/c2ccc(OCc3ccccc3)cc2)c(Br)c1. The molecule has 0 heterocycles. The van der Waals surface area contributed by atoms with Crippen LogP contribution in [0.3, 0.4) is 0 Å². The molecule has 1 N–H and O–H groups in total. The summed E-state index contributed by atoms with van der Waals surface area (Å²) in [6.45, 7) is 3.10. The van der Waals surface area contributed by atoms with Crippen LogP contribution in [-0.2, 0) is 17.8 Å². The summed E-state index contributed by atoms with van der Waals surface area (Å²) in [5.74, 6) is 1.43. The van der Waals surface area contributed by atoms with Crippen LogP contribution in [0.1, 0.15) is 36.5 Å². The summed E-state index contributed by atoms with van der Waals surface area (Å²) in [5, 5.41) is 4.02. The molecule has 0 radical (unpaired) electrons. The molecule has 32 heavy (non-hydrogen) atoms. The first-order chi connectivity index (χ1) is 15.6. The van der Waals surface area contributed by atoms with Gasteiger partial charge < -0.3 is 9.47 Å². The number of rotatable bonds is 11. The minimum absolute atomic E-state index is 0.145. The van der Waals surface area contributed by atoms with Gasteiger partial charge in [0.2, 0.25) is 5.91 Å². The van der Waals surface area contributed by atoms with Crippen molar-refractivity contribution in [2.75, 3.05) is 6.61 Å². The highest BCUT2D eigenvalue weighted by Gasteiger charge is 2.04. The highest BCUT2D eigenvalue weighted by Crippen LogP contribution is 2.26. The Morgan fingerprint density at radius 3 is 2.50 bits per heavy atom. The van der Waals surface area contributed by atoms with Crippen molar-refractivity contribution >= 4 is 28.1 Å². The fourth-order valence-corrected chi connectivity index (χ4v) is 3.46. The van der Waals surface area contributed by atoms with E-state index in [1.807, 2.05) is 66.7 Å². The molecule has 0 aromatic heterocycles. The van der Waals surface area contributed by atoms with Crippen LogP contribution in [0.4, 0.5) is 0 Å². The summed E-state index contributed by atoms with van der Waals surface area (Å²) >= 11 is 3.52. The number of carbonyl (C=O) groups is 1. The normalized spacial score (nSPS) is 10.8. The summed E-state index contributed by atoms with van der Waals surface area (Å²) in [6, 6.07) is 23.6. The summed E-state index contributed by atoms with van der Waals surface area (Å²) in [7, 11) is 0. The Hall–Kier alpha value is -3.12. The molecule has 0 atom stereocenters. The number of hydrogen-bond donors (Lipinski definition) is 1. The lowest BCUT2D eigenvalue weighted by atomic mass is 10.2. The van der Waals surface area contributed by atoms with Crippen molar-refractivity contribution in [3.63, 3.8) is 0 Å². The molecule has 3 rings (SSSR count). The second kappa shape index (κ2) is 12.7. The van der Waals surface area contributed by atoms with Crippen LogP contribution >= 0.6 is 15.9 Å². The van der Waals surface area contributed by atoms with Crippen molar-refractivity contribution < 1.29 is 14.3 Å². The molecule has 0 aliphatic rings. The van der Waals surface area contributed by atoms with Gasteiger partial charge in [-0.25, -0.2) is 5.43 Å². The Kier molecular flexibility index (Phi) is 9.32. The van der Waals surface area contributed by atoms with E-state index >= 15 is 0 Å². The highest BCUT2D eigenvalue weighted by molar-refractivity contribution is 9.10. The molecule has 3 aromatic rings. The largest absolute Gasteiger partial charge is 0.492 e. The van der Waals surface area contributed by atoms with E-state index in [1.165, 1.54) is 5.56 Å². The number of nitrogens with one attached hydrogen (secondary N) is 1. The van der Waals surface area contributed by atoms with Crippen molar-refractivity contribution in [2.24, 2.45) is 5.10 Å². The molecular weight excluding hydrogens is 468 g/mol. The van der Waals surface area contributed by atoms with Crippen LogP contribution < -0.4 is 14.9 Å². The molecule has 3 aromatic carbocycles. The standard InChI is InChI=1S/C26H27BrN2O3/c1-2-20-12-15-25(24(27)17-20)31-16-6-9-26(30)29-28-18-21-10-13-23(14-11-21)32-19-22-7-4-3-5-8-22/h3-5,7-8,10-15,17-18H,2,6,9,16,19H2,1H3,(H,29,30)/b28-18+. The molecule has 1 amide bonds. The molecule has 0 saturated heterocycles. The third kappa shape index (κ3) is 7.85. The van der Waals surface area contributed by atoms with Crippen molar-refractivity contribution in [3.8, 4) is 11.5 Å². The van der Waals surface area contributed by atoms with Gasteiger partial charge in [-0.15, -0.1) is 0 Å². The van der Waals surface area contributed by atoms with Crippen LogP contribution in [0.15, 0.2) is 82.4 Å². The molecule has 166 valence electrons. The first-order valence-electron chi connectivity index (χ1n) is 10.6. The van der Waals surface area contributed by atoms with E-state index in [0.717, 1.165) is 33.5 Å². The topological polar surface area (TPSA) is 59.9 Å². The van der Waals surface area contributed by atoms with Gasteiger partial charge >= 0.3 is 0 Å². The van der Waals surface area contributed by atoms with E-state index in [1.54, 1.807) is 6.21 Å². The number of benzene rings is 3. The van der Waals surface area contributed by atoms with Crippen molar-refractivity contribution in [2.45, 2.75) is 32.8 Å². The Balaban J connectivity index is 1.34. The van der Waals surface area contributed by atoms with Crippen LogP contribution in [0.5, 0.6) is 11.5 Å². The lowest BCUT2D eigenvalue weighted by Gasteiger charge is -2.09. The van der Waals surface area contributed by atoms with Gasteiger partial charge in [0, 0.05) is 6.42 Å². The zero-order valence-electron chi connectivity index (χ0n) is 18.1. The Morgan fingerprint density at radius 2 is 1.78 bits per heavy atom. The summed E-state index contributed by atoms with van der Waals surface area (Å²) in [6.07, 6.45) is 3.54. The average molecular weight is 495 g/mol. The van der Waals surface area contributed by atoms with Crippen molar-refractivity contribution in [1.82, 2.24) is 5.43 Å². The smallest absolute Gasteiger partial charge is 0.240 e. The van der Waals surface area contributed by atoms with Gasteiger partial charge in [-0.05, 0) is 81.9 Å². The van der Waals surface area contributed by atoms with Gasteiger partial charge in [0.15, 0.2) is 0 Å². The second-order valence-electron chi connectivity index (χ2n) is 7.21. The molecule has 0 bridgehead atoms. The molecule has 0 fully saturated rings. The molecule has 0 aliphatic heterocycles. The van der Waals surface area contributed by atoms with Crippen LogP contribution in [-0.4, -0.2) is 18.7 Å². The van der Waals surface area contributed by atoms with Gasteiger partial charge in [-0.3, -0.25) is 4.79 Å². The third-order valence-corrected chi connectivity index (χ3v) is 5.36. The minimum Gasteiger partial charge on any atom is -0.492 e. The average Bonchev–Trinajstić information content (AvgIpc) is 2.82. The number of carbonyl (C=O) groups excluding carboxylic acids is 1. The lowest BCUT2D eigenvalue weighted by molar-refractivity contribution is -0.121. The number of amides is 1. The number of ether oxygens (including phenoxy) is 2. The minimum atomic E-state index is -0.145. The zero-order valence-corrected chi connectivity index (χ0v) is 19.7. The van der Waals surface area contributed by atoms with Crippen molar-refractivity contribution in [3.05, 3.63) is 94.0 Å². The molecule has 6 heteroatoms. The Morgan fingerprint density at radius 1 is 1.00 bits per heavy atom. The lowest BCUT2D eigenvalue weighted by Crippen LogP contribution is -2.18. The number of hydrazone groups is 1. The van der Waals surface area contributed by atoms with Gasteiger partial charge in [0.25, 0.3) is 0 Å². The Labute approximate surface area is 197 Å². The molecule has 0 aliphatic carbocycles. The quantitative estimate of drug-likeness (QED) is 0.205. The predicted octanol–water partition coefficient (Wildman–Crippen LogP) is 5.90. The second-order valence-corrected chi connectivity index (χ2v) is 8.06. The van der Waals surface area contributed by atoms with Crippen molar-refractivity contribution in [1.29, 1.82) is 0 Å². The van der Waals surface area contributed by atoms with E-state index in [2.05, 4.69) is 39.4 Å². The number of nitrogens with zero attached hydrogens (tertiary/aromatic N) is 1. The van der Waals surface area contributed by atoms with E-state index in [-0.39, 0.29) is 5.91 Å². The first-order valence-corrected chi connectivity index (χ1v) is 11.4. The maximum Gasteiger partial charge on any atom is 0.240 e. The molecular formula is C26H27BrN2O3. The molecule has 0 spiro atoms. The first kappa shape index (κ1) is 23.5. The predicted molar refractivity (Wildman–Crippen MR) is 131 cm³/mol. The molecule has 0 saturated carbocycles. The summed E-state index contributed by atoms with van der Waals surface area (Å²) in [4.78, 5) is 12.0. The van der Waals surface area contributed by atoms with Gasteiger partial charge in [-0.1, -0.05) is 43.3 Å². The monoisotopic (exact) mass is 494 g/mol.